The van der Waals surface area contributed by atoms with E-state index in [0.717, 1.165) is 19.0 Å². The third-order valence-electron chi connectivity index (χ3n) is 5.00. The Morgan fingerprint density at radius 3 is 2.50 bits per heavy atom. The Morgan fingerprint density at radius 2 is 2.00 bits per heavy atom. The number of hydrogen-bond acceptors (Lipinski definition) is 2. The fourth-order valence-corrected chi connectivity index (χ4v) is 3.36. The number of rotatable bonds is 3. The van der Waals surface area contributed by atoms with Gasteiger partial charge in [0.15, 0.2) is 0 Å². The number of nitrogens with one attached hydrogen (secondary N) is 1. The number of likely N-dealkylation sites (tertiary alicyclic amines) is 1. The summed E-state index contributed by atoms with van der Waals surface area (Å²) in [5, 5.41) is 0. The van der Waals surface area contributed by atoms with Gasteiger partial charge in [0, 0.05) is 13.1 Å². The van der Waals surface area contributed by atoms with E-state index in [2.05, 4.69) is 24.2 Å². The van der Waals surface area contributed by atoms with Crippen LogP contribution in [0.15, 0.2) is 4.99 Å². The third-order valence-corrected chi connectivity index (χ3v) is 5.00. The highest BCUT2D eigenvalue weighted by Gasteiger charge is 2.36. The molecule has 1 aliphatic heterocycles. The molecule has 1 heterocycles. The lowest BCUT2D eigenvalue weighted by Gasteiger charge is -2.27. The minimum absolute atomic E-state index is 0.479. The number of hydrazine groups is 1. The van der Waals surface area contributed by atoms with Gasteiger partial charge in [-0.15, -0.1) is 0 Å². The summed E-state index contributed by atoms with van der Waals surface area (Å²) >= 11 is 0. The van der Waals surface area contributed by atoms with Gasteiger partial charge in [0.05, 0.1) is 6.04 Å². The average Bonchev–Trinajstić information content (AvgIpc) is 3.06. The highest BCUT2D eigenvalue weighted by molar-refractivity contribution is 5.80. The predicted octanol–water partition coefficient (Wildman–Crippen LogP) is 2.26. The maximum absolute atomic E-state index is 5.68. The van der Waals surface area contributed by atoms with E-state index in [9.17, 15) is 0 Å². The molecule has 2 aliphatic rings. The summed E-state index contributed by atoms with van der Waals surface area (Å²) in [5.41, 5.74) is 3.31. The minimum Gasteiger partial charge on any atom is -0.341 e. The van der Waals surface area contributed by atoms with Crippen molar-refractivity contribution in [1.29, 1.82) is 0 Å². The van der Waals surface area contributed by atoms with Gasteiger partial charge in [-0.25, -0.2) is 10.8 Å². The van der Waals surface area contributed by atoms with Crippen molar-refractivity contribution in [3.63, 3.8) is 0 Å². The molecule has 3 N–H and O–H groups in total. The van der Waals surface area contributed by atoms with E-state index in [1.165, 1.54) is 44.9 Å². The zero-order chi connectivity index (χ0) is 13.0. The standard InChI is InChI=1S/C14H28N4/c1-3-14(4-2)9-10-18(11-14)13(17-15)16-12-7-5-6-8-12/h12H,3-11,15H2,1-2H3,(H,16,17). The van der Waals surface area contributed by atoms with Gasteiger partial charge in [-0.1, -0.05) is 26.7 Å². The number of nitrogens with zero attached hydrogens (tertiary/aromatic N) is 2. The lowest BCUT2D eigenvalue weighted by atomic mass is 9.82. The van der Waals surface area contributed by atoms with Crippen LogP contribution in [0.1, 0.15) is 58.8 Å². The Morgan fingerprint density at radius 1 is 1.33 bits per heavy atom. The Labute approximate surface area is 111 Å². The lowest BCUT2D eigenvalue weighted by Crippen LogP contribution is -2.45. The molecule has 0 aromatic heterocycles. The van der Waals surface area contributed by atoms with Crippen LogP contribution in [0.2, 0.25) is 0 Å². The molecule has 1 aliphatic carbocycles. The normalized spacial score (nSPS) is 24.8. The quantitative estimate of drug-likeness (QED) is 0.350. The molecule has 18 heavy (non-hydrogen) atoms. The van der Waals surface area contributed by atoms with Gasteiger partial charge >= 0.3 is 0 Å². The van der Waals surface area contributed by atoms with Crippen molar-refractivity contribution >= 4 is 5.96 Å². The van der Waals surface area contributed by atoms with Gasteiger partial charge in [-0.05, 0) is 37.5 Å². The molecule has 4 heteroatoms. The van der Waals surface area contributed by atoms with E-state index < -0.39 is 0 Å². The van der Waals surface area contributed by atoms with Crippen LogP contribution in [0.4, 0.5) is 0 Å². The maximum Gasteiger partial charge on any atom is 0.208 e. The Kier molecular flexibility index (Phi) is 4.49. The highest BCUT2D eigenvalue weighted by Crippen LogP contribution is 2.37. The first-order valence-electron chi connectivity index (χ1n) is 7.52. The van der Waals surface area contributed by atoms with Crippen molar-refractivity contribution in [1.82, 2.24) is 10.3 Å². The minimum atomic E-state index is 0.479. The summed E-state index contributed by atoms with van der Waals surface area (Å²) in [6.45, 7) is 6.81. The fraction of sp³-hybridized carbons (Fsp3) is 0.929. The number of nitrogens with two attached hydrogens (primary N) is 1. The summed E-state index contributed by atoms with van der Waals surface area (Å²) in [5.74, 6) is 6.60. The molecule has 0 bridgehead atoms. The molecule has 2 rings (SSSR count). The first kappa shape index (κ1) is 13.7. The van der Waals surface area contributed by atoms with Crippen LogP contribution >= 0.6 is 0 Å². The molecule has 0 aromatic rings. The maximum atomic E-state index is 5.68. The van der Waals surface area contributed by atoms with Gasteiger partial charge in [0.25, 0.3) is 0 Å². The molecule has 0 unspecified atom stereocenters. The van der Waals surface area contributed by atoms with E-state index in [-0.39, 0.29) is 0 Å². The Bertz CT molecular complexity index is 290. The lowest BCUT2D eigenvalue weighted by molar-refractivity contribution is 0.275. The van der Waals surface area contributed by atoms with E-state index in [0.29, 0.717) is 11.5 Å². The summed E-state index contributed by atoms with van der Waals surface area (Å²) in [4.78, 5) is 7.17. The number of hydrogen-bond donors (Lipinski definition) is 2. The summed E-state index contributed by atoms with van der Waals surface area (Å²) in [6, 6.07) is 0.495. The zero-order valence-corrected chi connectivity index (χ0v) is 11.9. The van der Waals surface area contributed by atoms with Gasteiger partial charge in [0.2, 0.25) is 5.96 Å². The van der Waals surface area contributed by atoms with Crippen molar-refractivity contribution in [2.75, 3.05) is 13.1 Å². The molecule has 0 radical (unpaired) electrons. The van der Waals surface area contributed by atoms with Gasteiger partial charge in [-0.3, -0.25) is 5.43 Å². The second-order valence-corrected chi connectivity index (χ2v) is 5.91. The zero-order valence-electron chi connectivity index (χ0n) is 11.9. The van der Waals surface area contributed by atoms with Crippen molar-refractivity contribution < 1.29 is 0 Å². The number of aliphatic imine (C=N–C) groups is 1. The molecule has 1 saturated carbocycles. The summed E-state index contributed by atoms with van der Waals surface area (Å²) < 4.78 is 0. The molecule has 4 nitrogen and oxygen atoms in total. The number of guanidine groups is 1. The van der Waals surface area contributed by atoms with Crippen LogP contribution in [-0.4, -0.2) is 30.0 Å². The molecular weight excluding hydrogens is 224 g/mol. The van der Waals surface area contributed by atoms with E-state index in [4.69, 9.17) is 10.8 Å². The van der Waals surface area contributed by atoms with E-state index >= 15 is 0 Å². The molecule has 1 saturated heterocycles. The highest BCUT2D eigenvalue weighted by atomic mass is 15.4. The molecule has 0 atom stereocenters. The van der Waals surface area contributed by atoms with Crippen LogP contribution in [0.3, 0.4) is 0 Å². The van der Waals surface area contributed by atoms with Crippen LogP contribution in [0.5, 0.6) is 0 Å². The van der Waals surface area contributed by atoms with Crippen LogP contribution in [-0.2, 0) is 0 Å². The molecular formula is C14H28N4. The molecule has 104 valence electrons. The second kappa shape index (κ2) is 5.91. The Balaban J connectivity index is 2.01. The third kappa shape index (κ3) is 2.79. The van der Waals surface area contributed by atoms with Crippen molar-refractivity contribution in [3.8, 4) is 0 Å². The molecule has 0 spiro atoms. The van der Waals surface area contributed by atoms with Gasteiger partial charge in [-0.2, -0.15) is 0 Å². The van der Waals surface area contributed by atoms with Crippen molar-refractivity contribution in [3.05, 3.63) is 0 Å². The monoisotopic (exact) mass is 252 g/mol. The first-order valence-corrected chi connectivity index (χ1v) is 7.52. The van der Waals surface area contributed by atoms with Crippen molar-refractivity contribution in [2.24, 2.45) is 16.3 Å². The van der Waals surface area contributed by atoms with Crippen LogP contribution in [0, 0.1) is 5.41 Å². The second-order valence-electron chi connectivity index (χ2n) is 5.91. The first-order chi connectivity index (χ1) is 8.73. The smallest absolute Gasteiger partial charge is 0.208 e. The average molecular weight is 252 g/mol. The van der Waals surface area contributed by atoms with Gasteiger partial charge < -0.3 is 4.90 Å². The summed E-state index contributed by atoms with van der Waals surface area (Å²) in [7, 11) is 0. The van der Waals surface area contributed by atoms with E-state index in [1.54, 1.807) is 0 Å². The molecule has 2 fully saturated rings. The van der Waals surface area contributed by atoms with Crippen molar-refractivity contribution in [2.45, 2.75) is 64.8 Å². The largest absolute Gasteiger partial charge is 0.341 e. The topological polar surface area (TPSA) is 53.6 Å². The molecule has 0 aromatic carbocycles. The SMILES string of the molecule is CCC1(CC)CCN(C(=NC2CCCC2)NN)C1. The van der Waals surface area contributed by atoms with Gasteiger partial charge in [0.1, 0.15) is 0 Å². The summed E-state index contributed by atoms with van der Waals surface area (Å²) in [6.07, 6.45) is 8.87. The molecule has 0 amide bonds. The fourth-order valence-electron chi connectivity index (χ4n) is 3.36. The van der Waals surface area contributed by atoms with Crippen LogP contribution in [0.25, 0.3) is 0 Å². The van der Waals surface area contributed by atoms with Crippen LogP contribution < -0.4 is 11.3 Å². The van der Waals surface area contributed by atoms with E-state index in [1.807, 2.05) is 0 Å². The Hall–Kier alpha value is -0.770. The predicted molar refractivity (Wildman–Crippen MR) is 76.2 cm³/mol.